The van der Waals surface area contributed by atoms with Gasteiger partial charge < -0.3 is 14.6 Å². The van der Waals surface area contributed by atoms with Crippen LogP contribution in [0.3, 0.4) is 0 Å². The second-order valence-corrected chi connectivity index (χ2v) is 6.79. The van der Waals surface area contributed by atoms with E-state index in [1.54, 1.807) is 6.08 Å². The molecule has 0 atom stereocenters. The summed E-state index contributed by atoms with van der Waals surface area (Å²) in [4.78, 5) is 35.9. The number of ketones is 1. The number of benzene rings is 1. The van der Waals surface area contributed by atoms with E-state index in [-0.39, 0.29) is 25.0 Å². The highest BCUT2D eigenvalue weighted by atomic mass is 16.5. The molecule has 148 valence electrons. The van der Waals surface area contributed by atoms with Crippen LogP contribution in [-0.2, 0) is 14.3 Å². The number of hydrogen-bond acceptors (Lipinski definition) is 4. The quantitative estimate of drug-likeness (QED) is 0.432. The molecule has 2 rings (SSSR count). The van der Waals surface area contributed by atoms with Crippen molar-refractivity contribution >= 4 is 23.7 Å². The third kappa shape index (κ3) is 5.67. The fraction of sp³-hybridized carbons (Fsp3) is 0.318. The van der Waals surface area contributed by atoms with Crippen LogP contribution < -0.4 is 5.32 Å². The van der Waals surface area contributed by atoms with Crippen molar-refractivity contribution in [3.63, 3.8) is 0 Å². The molecule has 1 aromatic heterocycles. The van der Waals surface area contributed by atoms with E-state index in [4.69, 9.17) is 4.74 Å². The van der Waals surface area contributed by atoms with Crippen LogP contribution in [0.15, 0.2) is 42.5 Å². The summed E-state index contributed by atoms with van der Waals surface area (Å²) in [5.74, 6) is -1.33. The van der Waals surface area contributed by atoms with Gasteiger partial charge in [0.1, 0.15) is 6.54 Å². The number of Topliss-reactive ketones (excluding diaryl/α,β-unsaturated/α-hetero) is 1. The SMILES string of the molecule is Cc1cc(C(=O)COC(=O)CNC(=O)/C=C/c2ccccc2)c(C)n1C(C)C. The van der Waals surface area contributed by atoms with Gasteiger partial charge in [0, 0.05) is 29.1 Å². The van der Waals surface area contributed by atoms with E-state index >= 15 is 0 Å². The summed E-state index contributed by atoms with van der Waals surface area (Å²) in [5, 5.41) is 2.44. The number of nitrogens with one attached hydrogen (secondary N) is 1. The van der Waals surface area contributed by atoms with Gasteiger partial charge in [-0.15, -0.1) is 0 Å². The predicted molar refractivity (Wildman–Crippen MR) is 108 cm³/mol. The Kier molecular flexibility index (Phi) is 7.32. The largest absolute Gasteiger partial charge is 0.456 e. The lowest BCUT2D eigenvalue weighted by atomic mass is 10.1. The summed E-state index contributed by atoms with van der Waals surface area (Å²) in [6.07, 6.45) is 2.99. The van der Waals surface area contributed by atoms with Gasteiger partial charge in [0.2, 0.25) is 11.7 Å². The van der Waals surface area contributed by atoms with Crippen LogP contribution in [0, 0.1) is 13.8 Å². The van der Waals surface area contributed by atoms with Crippen LogP contribution >= 0.6 is 0 Å². The molecule has 28 heavy (non-hydrogen) atoms. The smallest absolute Gasteiger partial charge is 0.325 e. The van der Waals surface area contributed by atoms with E-state index in [0.717, 1.165) is 17.0 Å². The lowest BCUT2D eigenvalue weighted by molar-refractivity contribution is -0.142. The Morgan fingerprint density at radius 1 is 1.14 bits per heavy atom. The molecule has 1 heterocycles. The minimum Gasteiger partial charge on any atom is -0.456 e. The van der Waals surface area contributed by atoms with Gasteiger partial charge >= 0.3 is 5.97 Å². The molecular formula is C22H26N2O4. The molecule has 0 radical (unpaired) electrons. The first-order chi connectivity index (χ1) is 13.3. The number of carbonyl (C=O) groups is 3. The molecular weight excluding hydrogens is 356 g/mol. The van der Waals surface area contributed by atoms with Crippen LogP contribution in [0.4, 0.5) is 0 Å². The zero-order chi connectivity index (χ0) is 20.7. The van der Waals surface area contributed by atoms with Gasteiger partial charge in [-0.1, -0.05) is 30.3 Å². The van der Waals surface area contributed by atoms with Crippen molar-refractivity contribution < 1.29 is 19.1 Å². The molecule has 1 N–H and O–H groups in total. The van der Waals surface area contributed by atoms with E-state index in [9.17, 15) is 14.4 Å². The maximum atomic E-state index is 12.4. The topological polar surface area (TPSA) is 77.4 Å². The Bertz CT molecular complexity index is 879. The Hall–Kier alpha value is -3.15. The van der Waals surface area contributed by atoms with Crippen LogP contribution in [0.25, 0.3) is 6.08 Å². The van der Waals surface area contributed by atoms with Crippen molar-refractivity contribution in [3.05, 3.63) is 65.0 Å². The summed E-state index contributed by atoms with van der Waals surface area (Å²) in [6, 6.07) is 11.4. The minimum absolute atomic E-state index is 0.239. The minimum atomic E-state index is -0.660. The average molecular weight is 382 g/mol. The number of esters is 1. The zero-order valence-corrected chi connectivity index (χ0v) is 16.7. The average Bonchev–Trinajstić information content (AvgIpc) is 2.97. The molecule has 0 bridgehead atoms. The highest BCUT2D eigenvalue weighted by Crippen LogP contribution is 2.20. The maximum absolute atomic E-state index is 12.4. The van der Waals surface area contributed by atoms with Crippen LogP contribution in [0.2, 0.25) is 0 Å². The molecule has 1 aromatic carbocycles. The molecule has 2 aromatic rings. The Morgan fingerprint density at radius 3 is 2.43 bits per heavy atom. The number of nitrogens with zero attached hydrogens (tertiary/aromatic N) is 1. The lowest BCUT2D eigenvalue weighted by Gasteiger charge is -2.13. The summed E-state index contributed by atoms with van der Waals surface area (Å²) in [7, 11) is 0. The van der Waals surface area contributed by atoms with Gasteiger partial charge in [0.25, 0.3) is 0 Å². The van der Waals surface area contributed by atoms with Gasteiger partial charge in [0.05, 0.1) is 0 Å². The Balaban J connectivity index is 1.81. The number of aryl methyl sites for hydroxylation is 1. The van der Waals surface area contributed by atoms with Gasteiger partial charge in [-0.3, -0.25) is 14.4 Å². The van der Waals surface area contributed by atoms with E-state index in [1.165, 1.54) is 6.08 Å². The summed E-state index contributed by atoms with van der Waals surface area (Å²) >= 11 is 0. The predicted octanol–water partition coefficient (Wildman–Crippen LogP) is 3.24. The third-order valence-corrected chi connectivity index (χ3v) is 4.30. The van der Waals surface area contributed by atoms with E-state index in [1.807, 2.05) is 64.1 Å². The molecule has 0 spiro atoms. The standard InChI is InChI=1S/C22H26N2O4/c1-15(2)24-16(3)12-19(17(24)4)20(25)14-28-22(27)13-23-21(26)11-10-18-8-6-5-7-9-18/h5-12,15H,13-14H2,1-4H3,(H,23,26)/b11-10+. The molecule has 0 unspecified atom stereocenters. The molecule has 0 saturated heterocycles. The maximum Gasteiger partial charge on any atom is 0.325 e. The fourth-order valence-electron chi connectivity index (χ4n) is 3.08. The Morgan fingerprint density at radius 2 is 1.82 bits per heavy atom. The van der Waals surface area contributed by atoms with Gasteiger partial charge in [-0.25, -0.2) is 0 Å². The summed E-state index contributed by atoms with van der Waals surface area (Å²) in [5.41, 5.74) is 3.27. The molecule has 0 fully saturated rings. The first-order valence-corrected chi connectivity index (χ1v) is 9.17. The van der Waals surface area contributed by atoms with Crippen molar-refractivity contribution in [2.24, 2.45) is 0 Å². The number of rotatable bonds is 8. The highest BCUT2D eigenvalue weighted by Gasteiger charge is 2.18. The van der Waals surface area contributed by atoms with Crippen molar-refractivity contribution in [3.8, 4) is 0 Å². The van der Waals surface area contributed by atoms with Crippen molar-refractivity contribution in [2.45, 2.75) is 33.7 Å². The molecule has 1 amide bonds. The van der Waals surface area contributed by atoms with Crippen LogP contribution in [0.1, 0.15) is 47.2 Å². The number of carbonyl (C=O) groups excluding carboxylic acids is 3. The Labute approximate surface area is 165 Å². The normalized spacial score (nSPS) is 11.0. The summed E-state index contributed by atoms with van der Waals surface area (Å²) in [6.45, 7) is 7.26. The number of ether oxygens (including phenoxy) is 1. The number of hydrogen-bond donors (Lipinski definition) is 1. The lowest BCUT2D eigenvalue weighted by Crippen LogP contribution is -2.30. The second kappa shape index (κ2) is 9.69. The number of amides is 1. The van der Waals surface area contributed by atoms with E-state index < -0.39 is 11.9 Å². The van der Waals surface area contributed by atoms with Crippen molar-refractivity contribution in [2.75, 3.05) is 13.2 Å². The highest BCUT2D eigenvalue weighted by molar-refractivity contribution is 5.99. The van der Waals surface area contributed by atoms with Gasteiger partial charge in [-0.05, 0) is 45.4 Å². The second-order valence-electron chi connectivity index (χ2n) is 6.79. The molecule has 0 aliphatic heterocycles. The first-order valence-electron chi connectivity index (χ1n) is 9.17. The van der Waals surface area contributed by atoms with Crippen LogP contribution in [0.5, 0.6) is 0 Å². The summed E-state index contributed by atoms with van der Waals surface area (Å²) < 4.78 is 7.06. The molecule has 0 saturated carbocycles. The molecule has 6 nitrogen and oxygen atoms in total. The monoisotopic (exact) mass is 382 g/mol. The third-order valence-electron chi connectivity index (χ3n) is 4.30. The van der Waals surface area contributed by atoms with Gasteiger partial charge in [0.15, 0.2) is 6.61 Å². The van der Waals surface area contributed by atoms with Crippen LogP contribution in [-0.4, -0.2) is 35.4 Å². The fourth-order valence-corrected chi connectivity index (χ4v) is 3.08. The molecule has 6 heteroatoms. The van der Waals surface area contributed by atoms with E-state index in [0.29, 0.717) is 5.56 Å². The van der Waals surface area contributed by atoms with E-state index in [2.05, 4.69) is 9.88 Å². The molecule has 0 aliphatic rings. The zero-order valence-electron chi connectivity index (χ0n) is 16.7. The first kappa shape index (κ1) is 21.2. The number of aromatic nitrogens is 1. The van der Waals surface area contributed by atoms with Gasteiger partial charge in [-0.2, -0.15) is 0 Å². The molecule has 0 aliphatic carbocycles. The van der Waals surface area contributed by atoms with Crippen molar-refractivity contribution in [1.29, 1.82) is 0 Å². The van der Waals surface area contributed by atoms with Crippen molar-refractivity contribution in [1.82, 2.24) is 9.88 Å².